The zero-order valence-corrected chi connectivity index (χ0v) is 13.2. The fourth-order valence-electron chi connectivity index (χ4n) is 2.21. The minimum Gasteiger partial charge on any atom is -0.338 e. The third-order valence-electron chi connectivity index (χ3n) is 3.25. The van der Waals surface area contributed by atoms with Gasteiger partial charge in [0.05, 0.1) is 10.7 Å². The molecule has 1 aliphatic heterocycles. The summed E-state index contributed by atoms with van der Waals surface area (Å²) in [6.45, 7) is 3.79. The molecule has 0 saturated carbocycles. The third kappa shape index (κ3) is 2.95. The molecule has 1 aromatic heterocycles. The highest BCUT2D eigenvalue weighted by Crippen LogP contribution is 2.29. The molecule has 1 aromatic carbocycles. The van der Waals surface area contributed by atoms with Crippen LogP contribution in [0.2, 0.25) is 5.02 Å². The normalized spacial score (nSPS) is 15.4. The van der Waals surface area contributed by atoms with Gasteiger partial charge >= 0.3 is 0 Å². The first-order valence-corrected chi connectivity index (χ1v) is 7.65. The van der Waals surface area contributed by atoms with Crippen LogP contribution in [-0.2, 0) is 0 Å². The van der Waals surface area contributed by atoms with E-state index >= 15 is 0 Å². The molecule has 1 N–H and O–H groups in total. The number of hydrogen-bond acceptors (Lipinski definition) is 4. The van der Waals surface area contributed by atoms with Gasteiger partial charge in [0.25, 0.3) is 0 Å². The number of anilines is 1. The number of benzene rings is 1. The molecule has 4 nitrogen and oxygen atoms in total. The molecule has 6 heteroatoms. The van der Waals surface area contributed by atoms with Crippen molar-refractivity contribution in [3.63, 3.8) is 0 Å². The Hall–Kier alpha value is -1.17. The smallest absolute Gasteiger partial charge is 0.225 e. The Kier molecular flexibility index (Phi) is 4.19. The highest BCUT2D eigenvalue weighted by Gasteiger charge is 2.14. The van der Waals surface area contributed by atoms with E-state index in [2.05, 4.69) is 36.1 Å². The lowest BCUT2D eigenvalue weighted by Gasteiger charge is -2.27. The second-order valence-corrected chi connectivity index (χ2v) is 5.93. The van der Waals surface area contributed by atoms with Crippen LogP contribution in [0.5, 0.6) is 0 Å². The second kappa shape index (κ2) is 6.08. The van der Waals surface area contributed by atoms with E-state index in [9.17, 15) is 0 Å². The summed E-state index contributed by atoms with van der Waals surface area (Å²) >= 11 is 9.70. The van der Waals surface area contributed by atoms with E-state index in [1.807, 2.05) is 24.3 Å². The molecular weight excluding hydrogens is 340 g/mol. The number of piperazine rings is 1. The van der Waals surface area contributed by atoms with Gasteiger partial charge in [-0.25, -0.2) is 9.97 Å². The highest BCUT2D eigenvalue weighted by molar-refractivity contribution is 9.10. The van der Waals surface area contributed by atoms with Crippen LogP contribution in [0.15, 0.2) is 34.9 Å². The van der Waals surface area contributed by atoms with Crippen LogP contribution in [-0.4, -0.2) is 36.1 Å². The average Bonchev–Trinajstić information content (AvgIpc) is 2.48. The van der Waals surface area contributed by atoms with E-state index in [0.29, 0.717) is 5.02 Å². The first-order valence-electron chi connectivity index (χ1n) is 6.48. The van der Waals surface area contributed by atoms with Crippen LogP contribution in [0.3, 0.4) is 0 Å². The lowest BCUT2D eigenvalue weighted by atomic mass is 10.1. The van der Waals surface area contributed by atoms with Crippen molar-refractivity contribution in [3.05, 3.63) is 40.0 Å². The lowest BCUT2D eigenvalue weighted by Crippen LogP contribution is -2.44. The SMILES string of the molecule is Clc1cc(Br)ccc1-c1ccnc(N2CCNCC2)n1. The molecule has 0 atom stereocenters. The molecule has 2 aromatic rings. The van der Waals surface area contributed by atoms with Gasteiger partial charge in [0.2, 0.25) is 5.95 Å². The molecule has 1 fully saturated rings. The summed E-state index contributed by atoms with van der Waals surface area (Å²) in [6, 6.07) is 7.70. The monoisotopic (exact) mass is 352 g/mol. The number of rotatable bonds is 2. The number of nitrogens with one attached hydrogen (secondary N) is 1. The van der Waals surface area contributed by atoms with Gasteiger partial charge < -0.3 is 10.2 Å². The molecule has 0 radical (unpaired) electrons. The Morgan fingerprint density at radius 2 is 2.00 bits per heavy atom. The van der Waals surface area contributed by atoms with Gasteiger partial charge in [-0.05, 0) is 18.2 Å². The van der Waals surface area contributed by atoms with Crippen LogP contribution >= 0.6 is 27.5 Å². The van der Waals surface area contributed by atoms with E-state index in [1.165, 1.54) is 0 Å². The maximum atomic E-state index is 6.29. The van der Waals surface area contributed by atoms with E-state index in [-0.39, 0.29) is 0 Å². The Morgan fingerprint density at radius 3 is 2.75 bits per heavy atom. The minimum atomic E-state index is 0.685. The first-order chi connectivity index (χ1) is 9.74. The Balaban J connectivity index is 1.94. The van der Waals surface area contributed by atoms with Crippen LogP contribution in [0.1, 0.15) is 0 Å². The lowest BCUT2D eigenvalue weighted by molar-refractivity contribution is 0.580. The van der Waals surface area contributed by atoms with Gasteiger partial charge in [0.1, 0.15) is 0 Å². The maximum Gasteiger partial charge on any atom is 0.225 e. The van der Waals surface area contributed by atoms with Crippen molar-refractivity contribution < 1.29 is 0 Å². The number of nitrogens with zero attached hydrogens (tertiary/aromatic N) is 3. The zero-order valence-electron chi connectivity index (χ0n) is 10.8. The molecule has 104 valence electrons. The van der Waals surface area contributed by atoms with Crippen LogP contribution in [0, 0.1) is 0 Å². The number of aromatic nitrogens is 2. The van der Waals surface area contributed by atoms with Crippen molar-refractivity contribution in [1.82, 2.24) is 15.3 Å². The standard InChI is InChI=1S/C14H14BrClN4/c15-10-1-2-11(12(16)9-10)13-3-4-18-14(19-13)20-7-5-17-6-8-20/h1-4,9,17H,5-8H2. The quantitative estimate of drug-likeness (QED) is 0.901. The molecule has 0 amide bonds. The molecule has 1 saturated heterocycles. The van der Waals surface area contributed by atoms with Gasteiger partial charge in [-0.1, -0.05) is 33.6 Å². The molecule has 3 rings (SSSR count). The van der Waals surface area contributed by atoms with E-state index < -0.39 is 0 Å². The van der Waals surface area contributed by atoms with Crippen molar-refractivity contribution in [2.24, 2.45) is 0 Å². The number of halogens is 2. The summed E-state index contributed by atoms with van der Waals surface area (Å²) in [4.78, 5) is 11.2. The summed E-state index contributed by atoms with van der Waals surface area (Å²) in [5.74, 6) is 0.767. The average molecular weight is 354 g/mol. The van der Waals surface area contributed by atoms with Crippen molar-refractivity contribution in [2.45, 2.75) is 0 Å². The number of hydrogen-bond donors (Lipinski definition) is 1. The van der Waals surface area contributed by atoms with Crippen molar-refractivity contribution >= 4 is 33.5 Å². The Labute approximate surface area is 131 Å². The second-order valence-electron chi connectivity index (χ2n) is 4.60. The van der Waals surface area contributed by atoms with E-state index in [0.717, 1.165) is 47.9 Å². The topological polar surface area (TPSA) is 41.1 Å². The molecule has 0 bridgehead atoms. The van der Waals surface area contributed by atoms with Crippen molar-refractivity contribution in [1.29, 1.82) is 0 Å². The largest absolute Gasteiger partial charge is 0.338 e. The predicted molar refractivity (Wildman–Crippen MR) is 85.3 cm³/mol. The molecule has 0 unspecified atom stereocenters. The van der Waals surface area contributed by atoms with E-state index in [4.69, 9.17) is 11.6 Å². The highest BCUT2D eigenvalue weighted by atomic mass is 79.9. The summed E-state index contributed by atoms with van der Waals surface area (Å²) in [7, 11) is 0. The summed E-state index contributed by atoms with van der Waals surface area (Å²) in [6.07, 6.45) is 1.79. The Morgan fingerprint density at radius 1 is 1.20 bits per heavy atom. The molecule has 2 heterocycles. The van der Waals surface area contributed by atoms with Crippen molar-refractivity contribution in [3.8, 4) is 11.3 Å². The minimum absolute atomic E-state index is 0.685. The van der Waals surface area contributed by atoms with E-state index in [1.54, 1.807) is 6.20 Å². The van der Waals surface area contributed by atoms with Gasteiger partial charge in [-0.2, -0.15) is 0 Å². The molecule has 1 aliphatic rings. The maximum absolute atomic E-state index is 6.29. The third-order valence-corrected chi connectivity index (χ3v) is 4.06. The van der Waals surface area contributed by atoms with Crippen molar-refractivity contribution in [2.75, 3.05) is 31.1 Å². The molecular formula is C14H14BrClN4. The van der Waals surface area contributed by atoms with Gasteiger partial charge in [-0.15, -0.1) is 0 Å². The predicted octanol–water partition coefficient (Wildman–Crippen LogP) is 2.97. The first kappa shape index (κ1) is 13.8. The van der Waals surface area contributed by atoms with Crippen LogP contribution < -0.4 is 10.2 Å². The molecule has 0 spiro atoms. The van der Waals surface area contributed by atoms with Crippen LogP contribution in [0.4, 0.5) is 5.95 Å². The fourth-order valence-corrected chi connectivity index (χ4v) is 2.98. The molecule has 0 aliphatic carbocycles. The summed E-state index contributed by atoms with van der Waals surface area (Å²) < 4.78 is 0.961. The Bertz CT molecular complexity index is 614. The summed E-state index contributed by atoms with van der Waals surface area (Å²) in [5.41, 5.74) is 1.78. The van der Waals surface area contributed by atoms with Crippen LogP contribution in [0.25, 0.3) is 11.3 Å². The summed E-state index contributed by atoms with van der Waals surface area (Å²) in [5, 5.41) is 4.01. The zero-order chi connectivity index (χ0) is 13.9. The fraction of sp³-hybridized carbons (Fsp3) is 0.286. The molecule has 20 heavy (non-hydrogen) atoms. The van der Waals surface area contributed by atoms with Gasteiger partial charge in [0, 0.05) is 42.4 Å². The van der Waals surface area contributed by atoms with Gasteiger partial charge in [0.15, 0.2) is 0 Å². The van der Waals surface area contributed by atoms with Gasteiger partial charge in [-0.3, -0.25) is 0 Å².